The SMILES string of the molecule is Cc1ccccc1Cn1cnc2c1CN(C(=O)c1cccs1)C(C(=O)NC(C)C(=O)O)C2. The van der Waals surface area contributed by atoms with Gasteiger partial charge in [-0.25, -0.2) is 4.98 Å². The van der Waals surface area contributed by atoms with Crippen LogP contribution in [-0.4, -0.2) is 49.4 Å². The first-order valence-corrected chi connectivity index (χ1v) is 11.2. The van der Waals surface area contributed by atoms with Crippen LogP contribution in [0.3, 0.4) is 0 Å². The summed E-state index contributed by atoms with van der Waals surface area (Å²) >= 11 is 1.31. The van der Waals surface area contributed by atoms with Crippen LogP contribution in [0.1, 0.15) is 39.1 Å². The lowest BCUT2D eigenvalue weighted by Gasteiger charge is -2.35. The smallest absolute Gasteiger partial charge is 0.325 e. The molecule has 3 heterocycles. The molecule has 166 valence electrons. The lowest BCUT2D eigenvalue weighted by Crippen LogP contribution is -2.55. The van der Waals surface area contributed by atoms with Crippen molar-refractivity contribution in [3.63, 3.8) is 0 Å². The van der Waals surface area contributed by atoms with Crippen LogP contribution >= 0.6 is 11.3 Å². The number of aryl methyl sites for hydroxylation is 1. The predicted octanol–water partition coefficient (Wildman–Crippen LogP) is 2.46. The van der Waals surface area contributed by atoms with Crippen molar-refractivity contribution in [2.45, 2.75) is 45.4 Å². The molecular formula is C23H24N4O4S. The van der Waals surface area contributed by atoms with Crippen molar-refractivity contribution < 1.29 is 19.5 Å². The van der Waals surface area contributed by atoms with Gasteiger partial charge in [0.25, 0.3) is 5.91 Å². The minimum Gasteiger partial charge on any atom is -0.480 e. The van der Waals surface area contributed by atoms with Crippen LogP contribution < -0.4 is 5.32 Å². The number of hydrogen-bond acceptors (Lipinski definition) is 5. The molecule has 0 bridgehead atoms. The number of amides is 2. The third-order valence-electron chi connectivity index (χ3n) is 5.74. The van der Waals surface area contributed by atoms with Crippen LogP contribution in [-0.2, 0) is 29.1 Å². The van der Waals surface area contributed by atoms with E-state index in [4.69, 9.17) is 5.11 Å². The number of nitrogens with zero attached hydrogens (tertiary/aromatic N) is 3. The number of nitrogens with one attached hydrogen (secondary N) is 1. The van der Waals surface area contributed by atoms with Gasteiger partial charge in [-0.05, 0) is 36.4 Å². The van der Waals surface area contributed by atoms with Crippen molar-refractivity contribution >= 4 is 29.1 Å². The van der Waals surface area contributed by atoms with Crippen molar-refractivity contribution in [2.24, 2.45) is 0 Å². The van der Waals surface area contributed by atoms with E-state index in [1.165, 1.54) is 23.2 Å². The van der Waals surface area contributed by atoms with Crippen molar-refractivity contribution in [2.75, 3.05) is 0 Å². The highest BCUT2D eigenvalue weighted by atomic mass is 32.1. The Hall–Kier alpha value is -3.46. The molecule has 0 spiro atoms. The quantitative estimate of drug-likeness (QED) is 0.598. The number of carboxylic acid groups (broad SMARTS) is 1. The number of carbonyl (C=O) groups excluding carboxylic acids is 2. The number of benzene rings is 1. The zero-order chi connectivity index (χ0) is 22.8. The van der Waals surface area contributed by atoms with E-state index in [2.05, 4.69) is 29.4 Å². The summed E-state index contributed by atoms with van der Waals surface area (Å²) in [6, 6.07) is 9.71. The molecule has 0 saturated carbocycles. The number of aliphatic carboxylic acids is 1. The molecule has 1 aromatic carbocycles. The van der Waals surface area contributed by atoms with Crippen LogP contribution in [0.25, 0.3) is 0 Å². The Morgan fingerprint density at radius 3 is 2.72 bits per heavy atom. The van der Waals surface area contributed by atoms with Gasteiger partial charge in [0.2, 0.25) is 5.91 Å². The molecule has 0 radical (unpaired) electrons. The maximum Gasteiger partial charge on any atom is 0.325 e. The third-order valence-corrected chi connectivity index (χ3v) is 6.60. The van der Waals surface area contributed by atoms with E-state index in [1.807, 2.05) is 22.1 Å². The molecule has 1 aliphatic rings. The standard InChI is InChI=1S/C23H24N4O4S/c1-14-6-3-4-7-16(14)11-26-13-24-17-10-18(21(28)25-15(2)23(30)31)27(12-19(17)26)22(29)20-8-5-9-32-20/h3-9,13,15,18H,10-12H2,1-2H3,(H,25,28)(H,30,31). The summed E-state index contributed by atoms with van der Waals surface area (Å²) in [5.41, 5.74) is 3.95. The van der Waals surface area contributed by atoms with E-state index in [0.717, 1.165) is 22.5 Å². The number of carbonyl (C=O) groups is 3. The van der Waals surface area contributed by atoms with Gasteiger partial charge in [0.15, 0.2) is 0 Å². The highest BCUT2D eigenvalue weighted by Gasteiger charge is 2.38. The average molecular weight is 453 g/mol. The minimum absolute atomic E-state index is 0.220. The lowest BCUT2D eigenvalue weighted by molar-refractivity contribution is -0.142. The first-order valence-electron chi connectivity index (χ1n) is 10.3. The molecule has 0 saturated heterocycles. The number of rotatable bonds is 6. The molecule has 2 atom stereocenters. The van der Waals surface area contributed by atoms with Crippen LogP contribution in [0.15, 0.2) is 48.1 Å². The number of aromatic nitrogens is 2. The van der Waals surface area contributed by atoms with Gasteiger partial charge >= 0.3 is 5.97 Å². The lowest BCUT2D eigenvalue weighted by atomic mass is 10.0. The van der Waals surface area contributed by atoms with E-state index in [1.54, 1.807) is 18.5 Å². The zero-order valence-corrected chi connectivity index (χ0v) is 18.6. The van der Waals surface area contributed by atoms with Gasteiger partial charge in [-0.15, -0.1) is 11.3 Å². The van der Waals surface area contributed by atoms with Gasteiger partial charge in [-0.3, -0.25) is 14.4 Å². The fraction of sp³-hybridized carbons (Fsp3) is 0.304. The number of fused-ring (bicyclic) bond motifs is 1. The average Bonchev–Trinajstić information content (AvgIpc) is 3.44. The predicted molar refractivity (Wildman–Crippen MR) is 119 cm³/mol. The van der Waals surface area contributed by atoms with Crippen LogP contribution in [0, 0.1) is 6.92 Å². The molecule has 32 heavy (non-hydrogen) atoms. The molecule has 2 N–H and O–H groups in total. The fourth-order valence-electron chi connectivity index (χ4n) is 3.83. The summed E-state index contributed by atoms with van der Waals surface area (Å²) in [6.45, 7) is 4.28. The van der Waals surface area contributed by atoms with Gasteiger partial charge in [0.1, 0.15) is 12.1 Å². The summed E-state index contributed by atoms with van der Waals surface area (Å²) in [5, 5.41) is 13.5. The Labute approximate surface area is 189 Å². The Morgan fingerprint density at radius 1 is 1.25 bits per heavy atom. The molecular weight excluding hydrogens is 428 g/mol. The summed E-state index contributed by atoms with van der Waals surface area (Å²) in [6.07, 6.45) is 1.97. The Kier molecular flexibility index (Phi) is 6.09. The highest BCUT2D eigenvalue weighted by Crippen LogP contribution is 2.27. The number of carboxylic acids is 1. The molecule has 9 heteroatoms. The van der Waals surface area contributed by atoms with Crippen LogP contribution in [0.4, 0.5) is 0 Å². The monoisotopic (exact) mass is 452 g/mol. The maximum absolute atomic E-state index is 13.3. The van der Waals surface area contributed by atoms with E-state index in [9.17, 15) is 14.4 Å². The van der Waals surface area contributed by atoms with Gasteiger partial charge in [-0.1, -0.05) is 30.3 Å². The van der Waals surface area contributed by atoms with Crippen molar-refractivity contribution in [1.82, 2.24) is 19.8 Å². The number of hydrogen-bond donors (Lipinski definition) is 2. The topological polar surface area (TPSA) is 105 Å². The number of thiophene rings is 1. The molecule has 0 fully saturated rings. The number of imidazole rings is 1. The van der Waals surface area contributed by atoms with E-state index >= 15 is 0 Å². The van der Waals surface area contributed by atoms with Gasteiger partial charge in [0.05, 0.1) is 29.1 Å². The van der Waals surface area contributed by atoms with Gasteiger partial charge < -0.3 is 19.9 Å². The third kappa shape index (κ3) is 4.29. The molecule has 8 nitrogen and oxygen atoms in total. The summed E-state index contributed by atoms with van der Waals surface area (Å²) in [7, 11) is 0. The molecule has 3 aromatic rings. The summed E-state index contributed by atoms with van der Waals surface area (Å²) < 4.78 is 2.01. The Balaban J connectivity index is 1.65. The van der Waals surface area contributed by atoms with E-state index in [-0.39, 0.29) is 18.9 Å². The Morgan fingerprint density at radius 2 is 2.03 bits per heavy atom. The first kappa shape index (κ1) is 21.8. The Bertz CT molecular complexity index is 1150. The highest BCUT2D eigenvalue weighted by molar-refractivity contribution is 7.12. The molecule has 2 amide bonds. The molecule has 2 aromatic heterocycles. The second-order valence-corrected chi connectivity index (χ2v) is 8.84. The van der Waals surface area contributed by atoms with Crippen molar-refractivity contribution in [3.05, 3.63) is 75.5 Å². The van der Waals surface area contributed by atoms with Crippen molar-refractivity contribution in [1.29, 1.82) is 0 Å². The molecule has 1 aliphatic heterocycles. The molecule has 4 rings (SSSR count). The fourth-order valence-corrected chi connectivity index (χ4v) is 4.51. The second kappa shape index (κ2) is 8.96. The van der Waals surface area contributed by atoms with Gasteiger partial charge in [0, 0.05) is 13.0 Å². The largest absolute Gasteiger partial charge is 0.480 e. The normalized spacial score (nSPS) is 16.3. The van der Waals surface area contributed by atoms with Gasteiger partial charge in [-0.2, -0.15) is 0 Å². The minimum atomic E-state index is -1.13. The molecule has 0 aliphatic carbocycles. The maximum atomic E-state index is 13.3. The van der Waals surface area contributed by atoms with E-state index in [0.29, 0.717) is 11.4 Å². The summed E-state index contributed by atoms with van der Waals surface area (Å²) in [5.74, 6) is -1.88. The van der Waals surface area contributed by atoms with E-state index < -0.39 is 24.0 Å². The van der Waals surface area contributed by atoms with Crippen LogP contribution in [0.2, 0.25) is 0 Å². The molecule has 2 unspecified atom stereocenters. The zero-order valence-electron chi connectivity index (χ0n) is 17.8. The van der Waals surface area contributed by atoms with Crippen LogP contribution in [0.5, 0.6) is 0 Å². The van der Waals surface area contributed by atoms with Crippen molar-refractivity contribution in [3.8, 4) is 0 Å². The first-order chi connectivity index (χ1) is 15.3. The summed E-state index contributed by atoms with van der Waals surface area (Å²) in [4.78, 5) is 44.0. The second-order valence-electron chi connectivity index (χ2n) is 7.89.